The molecule has 0 unspecified atom stereocenters. The number of hydrogen-bond donors (Lipinski definition) is 1. The summed E-state index contributed by atoms with van der Waals surface area (Å²) in [4.78, 5) is 13.5. The number of carbonyl (C=O) groups excluding carboxylic acids is 1. The van der Waals surface area contributed by atoms with Crippen LogP contribution in [0.4, 0.5) is 4.39 Å². The Morgan fingerprint density at radius 3 is 2.94 bits per heavy atom. The zero-order chi connectivity index (χ0) is 12.4. The molecule has 1 aromatic carbocycles. The van der Waals surface area contributed by atoms with Gasteiger partial charge < -0.3 is 14.7 Å². The van der Waals surface area contributed by atoms with Crippen molar-refractivity contribution < 1.29 is 19.0 Å². The maximum Gasteiger partial charge on any atom is 0.260 e. The number of rotatable bonds is 2. The zero-order valence-electron chi connectivity index (χ0n) is 9.52. The lowest BCUT2D eigenvalue weighted by molar-refractivity contribution is 0.0756. The predicted octanol–water partition coefficient (Wildman–Crippen LogP) is 1.04. The number of amides is 1. The summed E-state index contributed by atoms with van der Waals surface area (Å²) < 4.78 is 18.6. The molecule has 0 spiro atoms. The van der Waals surface area contributed by atoms with Crippen LogP contribution in [0.2, 0.25) is 0 Å². The number of benzene rings is 1. The lowest BCUT2D eigenvalue weighted by Crippen LogP contribution is -2.30. The van der Waals surface area contributed by atoms with E-state index in [9.17, 15) is 14.3 Å². The molecule has 1 N–H and O–H groups in total. The van der Waals surface area contributed by atoms with E-state index in [0.29, 0.717) is 13.0 Å². The molecule has 4 nitrogen and oxygen atoms in total. The highest BCUT2D eigenvalue weighted by molar-refractivity contribution is 5.97. The molecule has 0 radical (unpaired) electrons. The summed E-state index contributed by atoms with van der Waals surface area (Å²) in [6.07, 6.45) is 0.0133. The van der Waals surface area contributed by atoms with Crippen molar-refractivity contribution in [2.75, 3.05) is 20.2 Å². The number of ether oxygens (including phenoxy) is 1. The molecule has 1 aromatic rings. The lowest BCUT2D eigenvalue weighted by atomic mass is 10.1. The molecule has 1 aliphatic rings. The molecule has 0 aromatic heterocycles. The Kier molecular flexibility index (Phi) is 3.28. The Morgan fingerprint density at radius 2 is 2.35 bits per heavy atom. The normalized spacial score (nSPS) is 19.5. The molecule has 0 aliphatic carbocycles. The summed E-state index contributed by atoms with van der Waals surface area (Å²) in [6, 6.07) is 4.26. The van der Waals surface area contributed by atoms with Gasteiger partial charge in [-0.2, -0.15) is 0 Å². The van der Waals surface area contributed by atoms with Crippen LogP contribution in [-0.4, -0.2) is 42.2 Å². The second-order valence-electron chi connectivity index (χ2n) is 4.01. The molecule has 0 saturated carbocycles. The van der Waals surface area contributed by atoms with E-state index in [1.807, 2.05) is 0 Å². The maximum atomic E-state index is 13.6. The van der Waals surface area contributed by atoms with Crippen molar-refractivity contribution in [3.05, 3.63) is 29.6 Å². The lowest BCUT2D eigenvalue weighted by Gasteiger charge is -2.17. The van der Waals surface area contributed by atoms with Gasteiger partial charge in [0, 0.05) is 13.1 Å². The molecular formula is C12H14FNO3. The van der Waals surface area contributed by atoms with Crippen molar-refractivity contribution in [3.63, 3.8) is 0 Å². The number of β-amino-alcohol motifs (C(OH)–C–C–N with tert-alkyl or cyclic N) is 1. The average Bonchev–Trinajstić information content (AvgIpc) is 2.74. The van der Waals surface area contributed by atoms with E-state index in [0.717, 1.165) is 0 Å². The quantitative estimate of drug-likeness (QED) is 0.839. The van der Waals surface area contributed by atoms with Gasteiger partial charge in [0.25, 0.3) is 5.91 Å². The van der Waals surface area contributed by atoms with Crippen LogP contribution in [0.3, 0.4) is 0 Å². The topological polar surface area (TPSA) is 49.8 Å². The van der Waals surface area contributed by atoms with Crippen molar-refractivity contribution in [1.29, 1.82) is 0 Å². The van der Waals surface area contributed by atoms with E-state index in [1.54, 1.807) is 6.07 Å². The fourth-order valence-electron chi connectivity index (χ4n) is 1.97. The fraction of sp³-hybridized carbons (Fsp3) is 0.417. The highest BCUT2D eigenvalue weighted by Crippen LogP contribution is 2.24. The summed E-state index contributed by atoms with van der Waals surface area (Å²) >= 11 is 0. The van der Waals surface area contributed by atoms with Gasteiger partial charge in [0.2, 0.25) is 0 Å². The monoisotopic (exact) mass is 239 g/mol. The predicted molar refractivity (Wildman–Crippen MR) is 59.5 cm³/mol. The Labute approximate surface area is 98.6 Å². The van der Waals surface area contributed by atoms with Crippen LogP contribution in [0.25, 0.3) is 0 Å². The minimum atomic E-state index is -0.601. The van der Waals surface area contributed by atoms with Crippen molar-refractivity contribution in [2.45, 2.75) is 12.5 Å². The zero-order valence-corrected chi connectivity index (χ0v) is 9.52. The summed E-state index contributed by atoms with van der Waals surface area (Å²) in [6.45, 7) is 0.688. The van der Waals surface area contributed by atoms with Crippen LogP contribution < -0.4 is 4.74 Å². The Hall–Kier alpha value is -1.62. The second-order valence-corrected chi connectivity index (χ2v) is 4.01. The van der Waals surface area contributed by atoms with Gasteiger partial charge in [0.05, 0.1) is 13.2 Å². The van der Waals surface area contributed by atoms with Crippen molar-refractivity contribution >= 4 is 5.91 Å². The molecule has 17 heavy (non-hydrogen) atoms. The number of carbonyl (C=O) groups is 1. The first kappa shape index (κ1) is 11.9. The molecule has 1 fully saturated rings. The summed E-state index contributed by atoms with van der Waals surface area (Å²) in [5.74, 6) is -0.816. The number of methoxy groups -OCH3 is 1. The van der Waals surface area contributed by atoms with Crippen LogP contribution in [-0.2, 0) is 0 Å². The standard InChI is InChI=1S/C12H14FNO3/c1-17-10-4-2-3-9(13)11(10)12(16)14-6-5-8(15)7-14/h2-4,8,15H,5-7H2,1H3/t8-/m1/s1. The average molecular weight is 239 g/mol. The van der Waals surface area contributed by atoms with Gasteiger partial charge >= 0.3 is 0 Å². The van der Waals surface area contributed by atoms with E-state index in [2.05, 4.69) is 0 Å². The number of likely N-dealkylation sites (tertiary alicyclic amines) is 1. The third kappa shape index (κ3) is 2.24. The second kappa shape index (κ2) is 4.71. The highest BCUT2D eigenvalue weighted by Gasteiger charge is 2.29. The molecule has 1 saturated heterocycles. The molecule has 1 aliphatic heterocycles. The highest BCUT2D eigenvalue weighted by atomic mass is 19.1. The number of aliphatic hydroxyl groups excluding tert-OH is 1. The first-order valence-electron chi connectivity index (χ1n) is 5.43. The van der Waals surface area contributed by atoms with Crippen molar-refractivity contribution in [1.82, 2.24) is 4.90 Å². The minimum absolute atomic E-state index is 0.0656. The molecular weight excluding hydrogens is 225 g/mol. The molecule has 1 amide bonds. The van der Waals surface area contributed by atoms with Crippen molar-refractivity contribution in [3.8, 4) is 5.75 Å². The van der Waals surface area contributed by atoms with Crippen LogP contribution in [0.15, 0.2) is 18.2 Å². The van der Waals surface area contributed by atoms with Gasteiger partial charge in [-0.25, -0.2) is 4.39 Å². The Morgan fingerprint density at radius 1 is 1.59 bits per heavy atom. The van der Waals surface area contributed by atoms with Crippen LogP contribution >= 0.6 is 0 Å². The van der Waals surface area contributed by atoms with Crippen LogP contribution in [0.1, 0.15) is 16.8 Å². The third-order valence-corrected chi connectivity index (χ3v) is 2.86. The number of hydrogen-bond acceptors (Lipinski definition) is 3. The molecule has 5 heteroatoms. The van der Waals surface area contributed by atoms with Gasteiger partial charge in [-0.1, -0.05) is 6.07 Å². The molecule has 92 valence electrons. The largest absolute Gasteiger partial charge is 0.496 e. The molecule has 2 rings (SSSR count). The molecule has 0 bridgehead atoms. The SMILES string of the molecule is COc1cccc(F)c1C(=O)N1CC[C@@H](O)C1. The number of halogens is 1. The number of aliphatic hydroxyl groups is 1. The van der Waals surface area contributed by atoms with Crippen LogP contribution in [0.5, 0.6) is 5.75 Å². The summed E-state index contributed by atoms with van der Waals surface area (Å²) in [7, 11) is 1.39. The molecule has 1 heterocycles. The van der Waals surface area contributed by atoms with Crippen molar-refractivity contribution in [2.24, 2.45) is 0 Å². The van der Waals surface area contributed by atoms with E-state index >= 15 is 0 Å². The van der Waals surface area contributed by atoms with E-state index in [-0.39, 0.29) is 17.9 Å². The van der Waals surface area contributed by atoms with Gasteiger partial charge in [-0.15, -0.1) is 0 Å². The first-order valence-corrected chi connectivity index (χ1v) is 5.43. The van der Waals surface area contributed by atoms with Crippen LogP contribution in [0, 0.1) is 5.82 Å². The maximum absolute atomic E-state index is 13.6. The summed E-state index contributed by atoms with van der Waals surface area (Å²) in [5, 5.41) is 9.37. The third-order valence-electron chi connectivity index (χ3n) is 2.86. The van der Waals surface area contributed by atoms with E-state index < -0.39 is 17.8 Å². The Bertz CT molecular complexity index is 436. The first-order chi connectivity index (χ1) is 8.13. The minimum Gasteiger partial charge on any atom is -0.496 e. The Balaban J connectivity index is 2.30. The van der Waals surface area contributed by atoms with E-state index in [1.165, 1.54) is 24.1 Å². The molecule has 1 atom stereocenters. The fourth-order valence-corrected chi connectivity index (χ4v) is 1.97. The number of nitrogens with zero attached hydrogens (tertiary/aromatic N) is 1. The van der Waals surface area contributed by atoms with E-state index in [4.69, 9.17) is 4.74 Å². The van der Waals surface area contributed by atoms with Gasteiger partial charge in [-0.3, -0.25) is 4.79 Å². The van der Waals surface area contributed by atoms with Gasteiger partial charge in [0.15, 0.2) is 0 Å². The van der Waals surface area contributed by atoms with Gasteiger partial charge in [-0.05, 0) is 18.6 Å². The van der Waals surface area contributed by atoms with Gasteiger partial charge in [0.1, 0.15) is 17.1 Å². The summed E-state index contributed by atoms with van der Waals surface area (Å²) in [5.41, 5.74) is -0.0656. The smallest absolute Gasteiger partial charge is 0.260 e.